The number of para-hydroxylation sites is 1. The average Bonchev–Trinajstić information content (AvgIpc) is 2.88. The molecular weight excluding hydrogens is 349 g/mol. The number of nitrogens with zero attached hydrogens (tertiary/aromatic N) is 3. The fourth-order valence-corrected chi connectivity index (χ4v) is 2.57. The Hall–Kier alpha value is -2.57. The zero-order valence-corrected chi connectivity index (χ0v) is 14.1. The van der Waals surface area contributed by atoms with Crippen molar-refractivity contribution in [2.75, 3.05) is 10.6 Å². The maximum absolute atomic E-state index is 12.2. The minimum atomic E-state index is -0.396. The normalized spacial score (nSPS) is 10.5. The van der Waals surface area contributed by atoms with Gasteiger partial charge in [-0.15, -0.1) is 0 Å². The van der Waals surface area contributed by atoms with Crippen molar-refractivity contribution in [3.63, 3.8) is 0 Å². The van der Waals surface area contributed by atoms with E-state index in [2.05, 4.69) is 20.7 Å². The van der Waals surface area contributed by atoms with E-state index < -0.39 is 6.03 Å². The van der Waals surface area contributed by atoms with Gasteiger partial charge in [0.25, 0.3) is 0 Å². The first-order chi connectivity index (χ1) is 11.5. The number of anilines is 2. The number of halogens is 2. The van der Waals surface area contributed by atoms with Crippen LogP contribution in [0.4, 0.5) is 16.3 Å². The number of benzene rings is 1. The van der Waals surface area contributed by atoms with Gasteiger partial charge >= 0.3 is 6.03 Å². The van der Waals surface area contributed by atoms with Crippen molar-refractivity contribution in [2.24, 2.45) is 0 Å². The Morgan fingerprint density at radius 3 is 2.58 bits per heavy atom. The fourth-order valence-electron chi connectivity index (χ4n) is 2.11. The van der Waals surface area contributed by atoms with Crippen LogP contribution in [0.2, 0.25) is 10.0 Å². The molecule has 6 nitrogen and oxygen atoms in total. The second-order valence-corrected chi connectivity index (χ2v) is 5.83. The molecule has 0 atom stereocenters. The Kier molecular flexibility index (Phi) is 4.69. The number of hydrogen-bond acceptors (Lipinski definition) is 3. The fraction of sp³-hybridized carbons (Fsp3) is 0.0625. The third-order valence-corrected chi connectivity index (χ3v) is 3.58. The first-order valence-electron chi connectivity index (χ1n) is 7.04. The van der Waals surface area contributed by atoms with Crippen LogP contribution in [-0.4, -0.2) is 20.8 Å². The quantitative estimate of drug-likeness (QED) is 0.719. The van der Waals surface area contributed by atoms with Gasteiger partial charge in [-0.3, -0.25) is 5.32 Å². The molecule has 0 saturated heterocycles. The van der Waals surface area contributed by atoms with E-state index in [0.29, 0.717) is 33.1 Å². The van der Waals surface area contributed by atoms with Crippen LogP contribution in [0.15, 0.2) is 48.7 Å². The molecule has 3 rings (SSSR count). The summed E-state index contributed by atoms with van der Waals surface area (Å²) >= 11 is 12.0. The van der Waals surface area contributed by atoms with Gasteiger partial charge in [0.2, 0.25) is 0 Å². The van der Waals surface area contributed by atoms with E-state index in [0.717, 1.165) is 0 Å². The summed E-state index contributed by atoms with van der Waals surface area (Å²) in [5, 5.41) is 10.5. The largest absolute Gasteiger partial charge is 0.324 e. The van der Waals surface area contributed by atoms with Gasteiger partial charge in [0.1, 0.15) is 5.82 Å². The second-order valence-electron chi connectivity index (χ2n) is 4.99. The SMILES string of the molecule is Cc1cc(NC(=O)Nc2ccccc2)n(-c2ncc(Cl)cc2Cl)n1. The highest BCUT2D eigenvalue weighted by atomic mass is 35.5. The number of carbonyl (C=O) groups excluding carboxylic acids is 1. The minimum absolute atomic E-state index is 0.331. The van der Waals surface area contributed by atoms with Gasteiger partial charge in [-0.2, -0.15) is 9.78 Å². The van der Waals surface area contributed by atoms with Gasteiger partial charge < -0.3 is 5.32 Å². The predicted molar refractivity (Wildman–Crippen MR) is 95.2 cm³/mol. The van der Waals surface area contributed by atoms with E-state index in [9.17, 15) is 4.79 Å². The number of carbonyl (C=O) groups is 1. The maximum Gasteiger partial charge on any atom is 0.324 e. The molecule has 24 heavy (non-hydrogen) atoms. The Morgan fingerprint density at radius 1 is 1.12 bits per heavy atom. The Balaban J connectivity index is 1.85. The lowest BCUT2D eigenvalue weighted by atomic mass is 10.3. The van der Waals surface area contributed by atoms with Gasteiger partial charge in [0.05, 0.1) is 15.7 Å². The molecule has 2 N–H and O–H groups in total. The van der Waals surface area contributed by atoms with Crippen LogP contribution in [0.5, 0.6) is 0 Å². The molecule has 0 unspecified atom stereocenters. The van der Waals surface area contributed by atoms with Crippen molar-refractivity contribution in [1.82, 2.24) is 14.8 Å². The van der Waals surface area contributed by atoms with Crippen LogP contribution in [0.1, 0.15) is 5.69 Å². The maximum atomic E-state index is 12.2. The van der Waals surface area contributed by atoms with E-state index in [4.69, 9.17) is 23.2 Å². The molecule has 2 amide bonds. The topological polar surface area (TPSA) is 71.8 Å². The summed E-state index contributed by atoms with van der Waals surface area (Å²) in [7, 11) is 0. The number of aryl methyl sites for hydroxylation is 1. The monoisotopic (exact) mass is 361 g/mol. The number of aromatic nitrogens is 3. The molecule has 122 valence electrons. The first-order valence-corrected chi connectivity index (χ1v) is 7.79. The van der Waals surface area contributed by atoms with Gasteiger partial charge in [-0.25, -0.2) is 9.78 Å². The highest BCUT2D eigenvalue weighted by molar-refractivity contribution is 6.35. The molecule has 2 heterocycles. The number of amides is 2. The standard InChI is InChI=1S/C16H13Cl2N5O/c1-10-7-14(21-16(24)20-12-5-3-2-4-6-12)23(22-10)15-13(18)8-11(17)9-19-15/h2-9H,1H3,(H2,20,21,24). The van der Waals surface area contributed by atoms with Crippen molar-refractivity contribution >= 4 is 40.7 Å². The predicted octanol–water partition coefficient (Wildman–Crippen LogP) is 4.53. The lowest BCUT2D eigenvalue weighted by Crippen LogP contribution is -2.21. The number of hydrogen-bond donors (Lipinski definition) is 2. The number of pyridine rings is 1. The van der Waals surface area contributed by atoms with Crippen LogP contribution in [0, 0.1) is 6.92 Å². The molecule has 2 aromatic heterocycles. The van der Waals surface area contributed by atoms with E-state index >= 15 is 0 Å². The molecule has 8 heteroatoms. The van der Waals surface area contributed by atoms with E-state index in [1.165, 1.54) is 10.9 Å². The summed E-state index contributed by atoms with van der Waals surface area (Å²) in [4.78, 5) is 16.4. The summed E-state index contributed by atoms with van der Waals surface area (Å²) in [6.45, 7) is 1.81. The van der Waals surface area contributed by atoms with Crippen molar-refractivity contribution in [3.8, 4) is 5.82 Å². The van der Waals surface area contributed by atoms with Crippen LogP contribution in [-0.2, 0) is 0 Å². The highest BCUT2D eigenvalue weighted by Gasteiger charge is 2.14. The summed E-state index contributed by atoms with van der Waals surface area (Å²) in [5.74, 6) is 0.821. The molecule has 0 saturated carbocycles. The molecular formula is C16H13Cl2N5O. The minimum Gasteiger partial charge on any atom is -0.308 e. The molecule has 3 aromatic rings. The highest BCUT2D eigenvalue weighted by Crippen LogP contribution is 2.25. The molecule has 0 spiro atoms. The van der Waals surface area contributed by atoms with Crippen molar-refractivity contribution in [3.05, 3.63) is 64.4 Å². The van der Waals surface area contributed by atoms with Crippen molar-refractivity contribution in [1.29, 1.82) is 0 Å². The van der Waals surface area contributed by atoms with Crippen LogP contribution < -0.4 is 10.6 Å². The first kappa shape index (κ1) is 16.3. The molecule has 1 aromatic carbocycles. The lowest BCUT2D eigenvalue weighted by molar-refractivity contribution is 0.262. The zero-order valence-electron chi connectivity index (χ0n) is 12.6. The molecule has 0 aliphatic carbocycles. The third kappa shape index (κ3) is 3.67. The van der Waals surface area contributed by atoms with Crippen molar-refractivity contribution < 1.29 is 4.79 Å². The Bertz CT molecular complexity index is 879. The van der Waals surface area contributed by atoms with Gasteiger partial charge in [-0.1, -0.05) is 41.4 Å². The second kappa shape index (κ2) is 6.90. The Morgan fingerprint density at radius 2 is 1.88 bits per heavy atom. The average molecular weight is 362 g/mol. The summed E-state index contributed by atoms with van der Waals surface area (Å²) in [5.41, 5.74) is 1.39. The number of rotatable bonds is 3. The third-order valence-electron chi connectivity index (χ3n) is 3.09. The van der Waals surface area contributed by atoms with Gasteiger partial charge in [-0.05, 0) is 25.1 Å². The zero-order chi connectivity index (χ0) is 17.1. The van der Waals surface area contributed by atoms with Gasteiger partial charge in [0.15, 0.2) is 5.82 Å². The lowest BCUT2D eigenvalue weighted by Gasteiger charge is -2.10. The number of urea groups is 1. The van der Waals surface area contributed by atoms with E-state index in [-0.39, 0.29) is 0 Å². The molecule has 0 fully saturated rings. The smallest absolute Gasteiger partial charge is 0.308 e. The molecule has 0 radical (unpaired) electrons. The number of nitrogens with one attached hydrogen (secondary N) is 2. The molecule has 0 aliphatic heterocycles. The molecule has 0 aliphatic rings. The summed E-state index contributed by atoms with van der Waals surface area (Å²) in [6, 6.07) is 12.0. The van der Waals surface area contributed by atoms with Crippen molar-refractivity contribution in [2.45, 2.75) is 6.92 Å². The van der Waals surface area contributed by atoms with Crippen LogP contribution in [0.25, 0.3) is 5.82 Å². The van der Waals surface area contributed by atoms with Gasteiger partial charge in [0, 0.05) is 18.0 Å². The summed E-state index contributed by atoms with van der Waals surface area (Å²) < 4.78 is 1.46. The summed E-state index contributed by atoms with van der Waals surface area (Å²) in [6.07, 6.45) is 1.47. The van der Waals surface area contributed by atoms with Crippen LogP contribution >= 0.6 is 23.2 Å². The van der Waals surface area contributed by atoms with E-state index in [1.54, 1.807) is 31.2 Å². The Labute approximate surface area is 148 Å². The van der Waals surface area contributed by atoms with Crippen LogP contribution in [0.3, 0.4) is 0 Å². The van der Waals surface area contributed by atoms with E-state index in [1.807, 2.05) is 18.2 Å². The molecule has 0 bridgehead atoms.